The molecule has 0 radical (unpaired) electrons. The van der Waals surface area contributed by atoms with Crippen molar-refractivity contribution in [3.63, 3.8) is 0 Å². The van der Waals surface area contributed by atoms with E-state index in [1.165, 1.54) is 0 Å². The van der Waals surface area contributed by atoms with Crippen molar-refractivity contribution in [2.24, 2.45) is 7.05 Å². The summed E-state index contributed by atoms with van der Waals surface area (Å²) in [5.74, 6) is 0.203. The van der Waals surface area contributed by atoms with E-state index in [2.05, 4.69) is 33.9 Å². The number of anilines is 1. The lowest BCUT2D eigenvalue weighted by Gasteiger charge is -2.28. The first kappa shape index (κ1) is 16.6. The lowest BCUT2D eigenvalue weighted by atomic mass is 10.0. The largest absolute Gasteiger partial charge is 0.506 e. The summed E-state index contributed by atoms with van der Waals surface area (Å²) in [6, 6.07) is 17.1. The highest BCUT2D eigenvalue weighted by molar-refractivity contribution is 7.80. The summed E-state index contributed by atoms with van der Waals surface area (Å²) in [5.41, 5.74) is 3.87. The maximum atomic E-state index is 10.4. The molecule has 0 saturated carbocycles. The van der Waals surface area contributed by atoms with Gasteiger partial charge in [0.1, 0.15) is 11.8 Å². The Hall–Kier alpha value is -2.86. The number of pyridine rings is 1. The van der Waals surface area contributed by atoms with Gasteiger partial charge in [-0.05, 0) is 55.5 Å². The first-order chi connectivity index (χ1) is 12.6. The third-order valence-corrected chi connectivity index (χ3v) is 5.27. The summed E-state index contributed by atoms with van der Waals surface area (Å²) in [7, 11) is 2.05. The average molecular weight is 364 g/mol. The molecule has 132 valence electrons. The molecule has 1 aliphatic rings. The second-order valence-corrected chi connectivity index (χ2v) is 6.83. The predicted molar refractivity (Wildman–Crippen MR) is 106 cm³/mol. The van der Waals surface area contributed by atoms with Crippen LogP contribution in [0.1, 0.15) is 29.2 Å². The molecule has 26 heavy (non-hydrogen) atoms. The topological polar surface area (TPSA) is 53.3 Å². The predicted octanol–water partition coefficient (Wildman–Crippen LogP) is 3.61. The van der Waals surface area contributed by atoms with Crippen LogP contribution in [-0.2, 0) is 7.05 Å². The molecule has 3 aromatic rings. The lowest BCUT2D eigenvalue weighted by Crippen LogP contribution is -2.30. The molecular formula is C20H20N4OS. The van der Waals surface area contributed by atoms with Gasteiger partial charge in [0.2, 0.25) is 0 Å². The van der Waals surface area contributed by atoms with Crippen LogP contribution < -0.4 is 10.2 Å². The number of benzene rings is 1. The second kappa shape index (κ2) is 6.46. The molecule has 1 saturated heterocycles. The van der Waals surface area contributed by atoms with E-state index in [1.807, 2.05) is 48.3 Å². The third kappa shape index (κ3) is 2.63. The molecule has 1 aromatic carbocycles. The van der Waals surface area contributed by atoms with E-state index in [0.29, 0.717) is 10.8 Å². The molecule has 0 bridgehead atoms. The number of hydrogen-bond donors (Lipinski definition) is 2. The molecule has 0 spiro atoms. The van der Waals surface area contributed by atoms with Gasteiger partial charge in [-0.1, -0.05) is 18.2 Å². The number of phenols is 1. The van der Waals surface area contributed by atoms with Gasteiger partial charge in [-0.15, -0.1) is 0 Å². The number of thiocarbonyl (C=S) groups is 1. The average Bonchev–Trinajstić information content (AvgIpc) is 3.16. The van der Waals surface area contributed by atoms with Gasteiger partial charge in [0.15, 0.2) is 5.11 Å². The van der Waals surface area contributed by atoms with Crippen molar-refractivity contribution < 1.29 is 5.11 Å². The van der Waals surface area contributed by atoms with E-state index in [0.717, 1.165) is 17.1 Å². The van der Waals surface area contributed by atoms with Crippen molar-refractivity contribution in [1.82, 2.24) is 14.9 Å². The molecule has 5 nitrogen and oxygen atoms in total. The first-order valence-corrected chi connectivity index (χ1v) is 8.89. The minimum absolute atomic E-state index is 0.115. The third-order valence-electron chi connectivity index (χ3n) is 4.95. The van der Waals surface area contributed by atoms with E-state index in [4.69, 9.17) is 12.2 Å². The number of aromatic nitrogens is 2. The Morgan fingerprint density at radius 3 is 2.50 bits per heavy atom. The van der Waals surface area contributed by atoms with Gasteiger partial charge in [-0.3, -0.25) is 4.98 Å². The van der Waals surface area contributed by atoms with Gasteiger partial charge in [0, 0.05) is 24.6 Å². The number of rotatable bonds is 3. The first-order valence-electron chi connectivity index (χ1n) is 8.49. The molecule has 0 aliphatic carbocycles. The van der Waals surface area contributed by atoms with E-state index >= 15 is 0 Å². The van der Waals surface area contributed by atoms with Crippen LogP contribution in [0.2, 0.25) is 0 Å². The fourth-order valence-electron chi connectivity index (χ4n) is 3.51. The van der Waals surface area contributed by atoms with Crippen molar-refractivity contribution in [2.75, 3.05) is 4.90 Å². The molecule has 3 heterocycles. The normalized spacial score (nSPS) is 19.6. The van der Waals surface area contributed by atoms with Crippen molar-refractivity contribution in [3.05, 3.63) is 77.9 Å². The number of nitrogens with one attached hydrogen (secondary N) is 1. The number of phenolic OH excluding ortho intramolecular Hbond substituents is 1. The molecule has 4 rings (SSSR count). The molecule has 0 amide bonds. The van der Waals surface area contributed by atoms with Crippen LogP contribution in [0.3, 0.4) is 0 Å². The Labute approximate surface area is 157 Å². The monoisotopic (exact) mass is 364 g/mol. The van der Waals surface area contributed by atoms with Crippen molar-refractivity contribution in [2.45, 2.75) is 19.0 Å². The number of aryl methyl sites for hydroxylation is 1. The fraction of sp³-hybridized carbons (Fsp3) is 0.200. The molecule has 1 fully saturated rings. The Morgan fingerprint density at radius 2 is 1.85 bits per heavy atom. The highest BCUT2D eigenvalue weighted by Crippen LogP contribution is 2.44. The Bertz CT molecular complexity index is 953. The van der Waals surface area contributed by atoms with Gasteiger partial charge in [0.25, 0.3) is 0 Å². The van der Waals surface area contributed by atoms with Crippen molar-refractivity contribution in [3.8, 4) is 5.75 Å². The van der Waals surface area contributed by atoms with Gasteiger partial charge in [-0.2, -0.15) is 0 Å². The zero-order chi connectivity index (χ0) is 18.3. The van der Waals surface area contributed by atoms with E-state index in [-0.39, 0.29) is 17.8 Å². The van der Waals surface area contributed by atoms with Crippen LogP contribution in [0.4, 0.5) is 5.69 Å². The molecule has 6 heteroatoms. The van der Waals surface area contributed by atoms with E-state index < -0.39 is 0 Å². The lowest BCUT2D eigenvalue weighted by molar-refractivity contribution is 0.471. The maximum absolute atomic E-state index is 10.4. The van der Waals surface area contributed by atoms with Gasteiger partial charge in [0.05, 0.1) is 17.4 Å². The Morgan fingerprint density at radius 1 is 1.08 bits per heavy atom. The second-order valence-electron chi connectivity index (χ2n) is 6.44. The summed E-state index contributed by atoms with van der Waals surface area (Å²) in [5, 5.41) is 14.4. The van der Waals surface area contributed by atoms with Crippen LogP contribution in [0, 0.1) is 6.92 Å². The minimum atomic E-state index is -0.121. The Kier molecular flexibility index (Phi) is 4.12. The number of hydrogen-bond acceptors (Lipinski definition) is 3. The smallest absolute Gasteiger partial charge is 0.174 e. The number of nitrogens with zero attached hydrogens (tertiary/aromatic N) is 3. The van der Waals surface area contributed by atoms with Crippen molar-refractivity contribution >= 4 is 23.0 Å². The van der Waals surface area contributed by atoms with Crippen LogP contribution >= 0.6 is 12.2 Å². The summed E-state index contributed by atoms with van der Waals surface area (Å²) in [4.78, 5) is 6.52. The fourth-order valence-corrected chi connectivity index (χ4v) is 3.85. The maximum Gasteiger partial charge on any atom is 0.174 e. The summed E-state index contributed by atoms with van der Waals surface area (Å²) < 4.78 is 2.16. The molecule has 2 atom stereocenters. The van der Waals surface area contributed by atoms with Crippen LogP contribution in [0.5, 0.6) is 5.75 Å². The zero-order valence-corrected chi connectivity index (χ0v) is 15.4. The highest BCUT2D eigenvalue weighted by atomic mass is 32.1. The summed E-state index contributed by atoms with van der Waals surface area (Å²) in [6.45, 7) is 2.07. The molecular weight excluding hydrogens is 344 g/mol. The van der Waals surface area contributed by atoms with E-state index in [9.17, 15) is 5.11 Å². The SMILES string of the molecule is Cc1ccc([C@@H]2[C@@H](c3ccccn3)NC(=S)N2c2ccccc2O)n1C. The standard InChI is InChI=1S/C20H20N4OS/c1-13-10-11-16(23(13)2)19-18(14-7-5-6-12-21-14)22-20(26)24(19)15-8-3-4-9-17(15)25/h3-12,18-19,25H,1-2H3,(H,22,26)/t18-,19-/m1/s1. The van der Waals surface area contributed by atoms with Gasteiger partial charge in [-0.25, -0.2) is 0 Å². The van der Waals surface area contributed by atoms with Crippen LogP contribution in [0.15, 0.2) is 60.8 Å². The zero-order valence-electron chi connectivity index (χ0n) is 14.6. The molecule has 0 unspecified atom stereocenters. The van der Waals surface area contributed by atoms with Gasteiger partial charge >= 0.3 is 0 Å². The minimum Gasteiger partial charge on any atom is -0.506 e. The van der Waals surface area contributed by atoms with Crippen LogP contribution in [-0.4, -0.2) is 19.8 Å². The number of para-hydroxylation sites is 2. The molecule has 1 aliphatic heterocycles. The summed E-state index contributed by atoms with van der Waals surface area (Å²) in [6.07, 6.45) is 1.79. The molecule has 2 aromatic heterocycles. The molecule has 2 N–H and O–H groups in total. The van der Waals surface area contributed by atoms with Crippen LogP contribution in [0.25, 0.3) is 0 Å². The van der Waals surface area contributed by atoms with E-state index in [1.54, 1.807) is 12.3 Å². The van der Waals surface area contributed by atoms with Gasteiger partial charge < -0.3 is 19.9 Å². The quantitative estimate of drug-likeness (QED) is 0.696. The number of aromatic hydroxyl groups is 1. The summed E-state index contributed by atoms with van der Waals surface area (Å²) >= 11 is 5.65. The highest BCUT2D eigenvalue weighted by Gasteiger charge is 2.42. The van der Waals surface area contributed by atoms with Crippen molar-refractivity contribution in [1.29, 1.82) is 0 Å². The Balaban J connectivity index is 1.89.